The summed E-state index contributed by atoms with van der Waals surface area (Å²) in [7, 11) is 0. The molecule has 0 N–H and O–H groups in total. The highest BCUT2D eigenvalue weighted by molar-refractivity contribution is 7.22. The van der Waals surface area contributed by atoms with Gasteiger partial charge in [0.15, 0.2) is 5.13 Å². The van der Waals surface area contributed by atoms with E-state index in [0.29, 0.717) is 0 Å². The van der Waals surface area contributed by atoms with Crippen molar-refractivity contribution in [3.8, 4) is 6.07 Å². The second-order valence-corrected chi connectivity index (χ2v) is 7.37. The summed E-state index contributed by atoms with van der Waals surface area (Å²) in [6.45, 7) is 7.87. The lowest BCUT2D eigenvalue weighted by atomic mass is 10.2. The molecule has 25 heavy (non-hydrogen) atoms. The van der Waals surface area contributed by atoms with E-state index in [0.717, 1.165) is 55.6 Å². The second-order valence-electron chi connectivity index (χ2n) is 6.36. The van der Waals surface area contributed by atoms with Gasteiger partial charge in [-0.15, -0.1) is 0 Å². The number of para-hydroxylation sites is 1. The van der Waals surface area contributed by atoms with E-state index in [2.05, 4.69) is 47.2 Å². The molecule has 0 radical (unpaired) electrons. The molecule has 0 aliphatic carbocycles. The van der Waals surface area contributed by atoms with E-state index < -0.39 is 0 Å². The lowest BCUT2D eigenvalue weighted by molar-refractivity contribution is 0.250. The first-order valence-corrected chi connectivity index (χ1v) is 9.50. The first-order valence-electron chi connectivity index (χ1n) is 8.69. The maximum Gasteiger partial charge on any atom is 0.186 e. The van der Waals surface area contributed by atoms with Crippen molar-refractivity contribution in [3.05, 3.63) is 47.8 Å². The SMILES string of the molecule is CCn1cc(CN2CCN(c3nc4ccccc4s3)CC2)cc1C#N. The van der Waals surface area contributed by atoms with E-state index in [1.165, 1.54) is 10.3 Å². The van der Waals surface area contributed by atoms with Gasteiger partial charge in [0.05, 0.1) is 10.2 Å². The van der Waals surface area contributed by atoms with E-state index in [9.17, 15) is 5.26 Å². The number of aromatic nitrogens is 2. The molecule has 1 aliphatic heterocycles. The van der Waals surface area contributed by atoms with Crippen molar-refractivity contribution >= 4 is 26.7 Å². The number of hydrogen-bond donors (Lipinski definition) is 0. The zero-order valence-corrected chi connectivity index (χ0v) is 15.2. The maximum absolute atomic E-state index is 9.19. The van der Waals surface area contributed by atoms with Gasteiger partial charge in [0.25, 0.3) is 0 Å². The molecule has 1 aromatic carbocycles. The fraction of sp³-hybridized carbons (Fsp3) is 0.368. The van der Waals surface area contributed by atoms with Gasteiger partial charge < -0.3 is 9.47 Å². The second kappa shape index (κ2) is 6.87. The molecule has 0 unspecified atom stereocenters. The fourth-order valence-electron chi connectivity index (χ4n) is 3.36. The van der Waals surface area contributed by atoms with Gasteiger partial charge in [-0.05, 0) is 30.7 Å². The Morgan fingerprint density at radius 2 is 2.00 bits per heavy atom. The molecule has 4 rings (SSSR count). The Kier molecular flexibility index (Phi) is 4.43. The molecule has 1 fully saturated rings. The van der Waals surface area contributed by atoms with Gasteiger partial charge in [-0.25, -0.2) is 4.98 Å². The highest BCUT2D eigenvalue weighted by Crippen LogP contribution is 2.29. The van der Waals surface area contributed by atoms with E-state index in [4.69, 9.17) is 4.98 Å². The van der Waals surface area contributed by atoms with Crippen molar-refractivity contribution in [3.63, 3.8) is 0 Å². The number of piperazine rings is 1. The number of anilines is 1. The largest absolute Gasteiger partial charge is 0.345 e. The van der Waals surface area contributed by atoms with Crippen LogP contribution in [0.4, 0.5) is 5.13 Å². The van der Waals surface area contributed by atoms with Crippen LogP contribution >= 0.6 is 11.3 Å². The monoisotopic (exact) mass is 351 g/mol. The molecular formula is C19H21N5S. The minimum absolute atomic E-state index is 0.755. The van der Waals surface area contributed by atoms with E-state index in [-0.39, 0.29) is 0 Å². The third-order valence-electron chi connectivity index (χ3n) is 4.74. The molecule has 0 spiro atoms. The Labute approximate surface area is 151 Å². The molecule has 128 valence electrons. The van der Waals surface area contributed by atoms with Gasteiger partial charge in [0, 0.05) is 45.5 Å². The van der Waals surface area contributed by atoms with Crippen molar-refractivity contribution in [1.82, 2.24) is 14.5 Å². The summed E-state index contributed by atoms with van der Waals surface area (Å²) in [6.07, 6.45) is 2.11. The Bertz CT molecular complexity index is 878. The van der Waals surface area contributed by atoms with Crippen molar-refractivity contribution in [1.29, 1.82) is 5.26 Å². The summed E-state index contributed by atoms with van der Waals surface area (Å²) in [5.41, 5.74) is 3.08. The molecule has 5 nitrogen and oxygen atoms in total. The number of thiazole rings is 1. The van der Waals surface area contributed by atoms with Gasteiger partial charge in [-0.1, -0.05) is 23.5 Å². The Hall–Kier alpha value is -2.36. The van der Waals surface area contributed by atoms with Crippen LogP contribution in [-0.2, 0) is 13.1 Å². The van der Waals surface area contributed by atoms with E-state index in [1.807, 2.05) is 16.7 Å². The summed E-state index contributed by atoms with van der Waals surface area (Å²) < 4.78 is 3.28. The van der Waals surface area contributed by atoms with E-state index >= 15 is 0 Å². The molecule has 2 aromatic heterocycles. The minimum Gasteiger partial charge on any atom is -0.345 e. The Balaban J connectivity index is 1.39. The number of nitriles is 1. The molecule has 6 heteroatoms. The zero-order valence-electron chi connectivity index (χ0n) is 14.4. The van der Waals surface area contributed by atoms with Crippen LogP contribution < -0.4 is 4.90 Å². The highest BCUT2D eigenvalue weighted by Gasteiger charge is 2.20. The molecule has 1 aliphatic rings. The quantitative estimate of drug-likeness (QED) is 0.723. The highest BCUT2D eigenvalue weighted by atomic mass is 32.1. The zero-order chi connectivity index (χ0) is 17.2. The molecule has 0 atom stereocenters. The number of nitrogens with zero attached hydrogens (tertiary/aromatic N) is 5. The van der Waals surface area contributed by atoms with Crippen LogP contribution in [0, 0.1) is 11.3 Å². The van der Waals surface area contributed by atoms with E-state index in [1.54, 1.807) is 11.3 Å². The van der Waals surface area contributed by atoms with Crippen LogP contribution in [0.5, 0.6) is 0 Å². The van der Waals surface area contributed by atoms with Crippen molar-refractivity contribution < 1.29 is 0 Å². The minimum atomic E-state index is 0.755. The summed E-state index contributed by atoms with van der Waals surface area (Å²) in [4.78, 5) is 9.62. The fourth-order valence-corrected chi connectivity index (χ4v) is 4.38. The normalized spacial score (nSPS) is 15.6. The van der Waals surface area contributed by atoms with Crippen LogP contribution in [0.3, 0.4) is 0 Å². The summed E-state index contributed by atoms with van der Waals surface area (Å²) in [6, 6.07) is 12.6. The van der Waals surface area contributed by atoms with Crippen molar-refractivity contribution in [2.45, 2.75) is 20.0 Å². The number of fused-ring (bicyclic) bond motifs is 1. The van der Waals surface area contributed by atoms with Gasteiger partial charge in [0.1, 0.15) is 11.8 Å². The molecule has 3 heterocycles. The average Bonchev–Trinajstić information content (AvgIpc) is 3.25. The lowest BCUT2D eigenvalue weighted by Crippen LogP contribution is -2.45. The predicted molar refractivity (Wildman–Crippen MR) is 102 cm³/mol. The topological polar surface area (TPSA) is 48.1 Å². The van der Waals surface area contributed by atoms with Gasteiger partial charge >= 0.3 is 0 Å². The van der Waals surface area contributed by atoms with Crippen LogP contribution in [0.1, 0.15) is 18.2 Å². The molecule has 1 saturated heterocycles. The molecule has 0 amide bonds. The number of hydrogen-bond acceptors (Lipinski definition) is 5. The van der Waals surface area contributed by atoms with Crippen LogP contribution in [0.2, 0.25) is 0 Å². The summed E-state index contributed by atoms with van der Waals surface area (Å²) in [5, 5.41) is 10.3. The lowest BCUT2D eigenvalue weighted by Gasteiger charge is -2.34. The van der Waals surface area contributed by atoms with Gasteiger partial charge in [0.2, 0.25) is 0 Å². The summed E-state index contributed by atoms with van der Waals surface area (Å²) in [5.74, 6) is 0. The summed E-state index contributed by atoms with van der Waals surface area (Å²) >= 11 is 1.78. The average molecular weight is 351 g/mol. The van der Waals surface area contributed by atoms with Gasteiger partial charge in [-0.3, -0.25) is 4.90 Å². The number of benzene rings is 1. The first kappa shape index (κ1) is 16.1. The molecule has 0 bridgehead atoms. The first-order chi connectivity index (χ1) is 12.3. The smallest absolute Gasteiger partial charge is 0.186 e. The van der Waals surface area contributed by atoms with Crippen molar-refractivity contribution in [2.75, 3.05) is 31.1 Å². The standard InChI is InChI=1S/C19H21N5S/c1-2-23-14-15(11-16(23)12-20)13-22-7-9-24(10-8-22)19-21-17-5-3-4-6-18(17)25-19/h3-6,11,14H,2,7-10,13H2,1H3. The Morgan fingerprint density at radius 3 is 2.68 bits per heavy atom. The molecular weight excluding hydrogens is 330 g/mol. The number of rotatable bonds is 4. The molecule has 3 aromatic rings. The van der Waals surface area contributed by atoms with Gasteiger partial charge in [-0.2, -0.15) is 5.26 Å². The van der Waals surface area contributed by atoms with Crippen LogP contribution in [0.15, 0.2) is 36.5 Å². The number of aryl methyl sites for hydroxylation is 1. The molecule has 0 saturated carbocycles. The van der Waals surface area contributed by atoms with Crippen LogP contribution in [-0.4, -0.2) is 40.6 Å². The van der Waals surface area contributed by atoms with Crippen LogP contribution in [0.25, 0.3) is 10.2 Å². The third-order valence-corrected chi connectivity index (χ3v) is 5.84. The maximum atomic E-state index is 9.19. The Morgan fingerprint density at radius 1 is 1.20 bits per heavy atom. The predicted octanol–water partition coefficient (Wildman–Crippen LogP) is 3.31. The third kappa shape index (κ3) is 3.26. The van der Waals surface area contributed by atoms with Crippen molar-refractivity contribution in [2.24, 2.45) is 0 Å².